The summed E-state index contributed by atoms with van der Waals surface area (Å²) in [6, 6.07) is 12.5. The minimum absolute atomic E-state index is 0.492. The lowest BCUT2D eigenvalue weighted by Crippen LogP contribution is -2.34. The molecule has 0 spiro atoms. The molecule has 0 amide bonds. The smallest absolute Gasteiger partial charge is 0.163 e. The Balaban J connectivity index is 1.29. The van der Waals surface area contributed by atoms with Crippen molar-refractivity contribution in [2.24, 2.45) is 11.8 Å². The summed E-state index contributed by atoms with van der Waals surface area (Å²) >= 11 is 6.52. The van der Waals surface area contributed by atoms with Gasteiger partial charge in [-0.15, -0.1) is 0 Å². The number of anilines is 1. The molecule has 4 heterocycles. The van der Waals surface area contributed by atoms with Crippen molar-refractivity contribution in [3.63, 3.8) is 0 Å². The highest BCUT2D eigenvalue weighted by molar-refractivity contribution is 6.33. The minimum Gasteiger partial charge on any atom is -0.366 e. The molecular weight excluding hydrogens is 492 g/mol. The highest BCUT2D eigenvalue weighted by Crippen LogP contribution is 2.47. The number of halogens is 1. The summed E-state index contributed by atoms with van der Waals surface area (Å²) in [6.07, 6.45) is 14.9. The SMILES string of the molecule is Clc1ccccc1-c1cc2c(-c3nc(NC4C5CCCC4CC5)c4c(C5CC5)cncc4n3)ccnc2[nH]1. The molecule has 2 bridgehead atoms. The first kappa shape index (κ1) is 22.5. The van der Waals surface area contributed by atoms with E-state index in [9.17, 15) is 0 Å². The van der Waals surface area contributed by atoms with Crippen LogP contribution in [0.3, 0.4) is 0 Å². The molecule has 38 heavy (non-hydrogen) atoms. The molecule has 1 aromatic carbocycles. The third kappa shape index (κ3) is 3.69. The molecule has 2 N–H and O–H groups in total. The lowest BCUT2D eigenvalue weighted by molar-refractivity contribution is 0.322. The molecule has 7 heteroatoms. The van der Waals surface area contributed by atoms with Crippen molar-refractivity contribution in [3.05, 3.63) is 65.6 Å². The number of nitrogens with zero attached hydrogens (tertiary/aromatic N) is 4. The van der Waals surface area contributed by atoms with Crippen LogP contribution < -0.4 is 5.32 Å². The summed E-state index contributed by atoms with van der Waals surface area (Å²) in [5.74, 6) is 3.73. The Morgan fingerprint density at radius 1 is 0.895 bits per heavy atom. The zero-order chi connectivity index (χ0) is 25.2. The van der Waals surface area contributed by atoms with Gasteiger partial charge in [-0.25, -0.2) is 15.0 Å². The number of fused-ring (bicyclic) bond motifs is 4. The van der Waals surface area contributed by atoms with Gasteiger partial charge in [0.15, 0.2) is 5.82 Å². The van der Waals surface area contributed by atoms with Gasteiger partial charge in [-0.3, -0.25) is 4.98 Å². The monoisotopic (exact) mass is 520 g/mol. The van der Waals surface area contributed by atoms with Crippen molar-refractivity contribution in [2.75, 3.05) is 5.32 Å². The number of aromatic nitrogens is 5. The van der Waals surface area contributed by atoms with Gasteiger partial charge in [-0.2, -0.15) is 0 Å². The van der Waals surface area contributed by atoms with E-state index in [1.54, 1.807) is 0 Å². The van der Waals surface area contributed by atoms with Crippen LogP contribution in [0.1, 0.15) is 56.4 Å². The molecule has 0 radical (unpaired) electrons. The zero-order valence-corrected chi connectivity index (χ0v) is 21.9. The van der Waals surface area contributed by atoms with Crippen molar-refractivity contribution in [1.29, 1.82) is 0 Å². The molecule has 3 fully saturated rings. The summed E-state index contributed by atoms with van der Waals surface area (Å²) in [7, 11) is 0. The number of aromatic amines is 1. The fourth-order valence-corrected chi connectivity index (χ4v) is 7.18. The molecule has 0 saturated heterocycles. The Bertz CT molecular complexity index is 1670. The molecule has 0 aliphatic heterocycles. The van der Waals surface area contributed by atoms with Crippen LogP contribution in [0.25, 0.3) is 44.6 Å². The summed E-state index contributed by atoms with van der Waals surface area (Å²) in [4.78, 5) is 23.0. The molecule has 8 rings (SSSR count). The van der Waals surface area contributed by atoms with Gasteiger partial charge in [-0.1, -0.05) is 36.2 Å². The quantitative estimate of drug-likeness (QED) is 0.247. The van der Waals surface area contributed by atoms with Gasteiger partial charge >= 0.3 is 0 Å². The van der Waals surface area contributed by atoms with Crippen molar-refractivity contribution in [2.45, 2.75) is 56.9 Å². The van der Waals surface area contributed by atoms with E-state index in [0.717, 1.165) is 56.4 Å². The topological polar surface area (TPSA) is 79.4 Å². The summed E-state index contributed by atoms with van der Waals surface area (Å²) in [6.45, 7) is 0. The Hall–Kier alpha value is -3.51. The van der Waals surface area contributed by atoms with Crippen LogP contribution in [-0.4, -0.2) is 31.0 Å². The van der Waals surface area contributed by atoms with Crippen LogP contribution in [0.2, 0.25) is 5.02 Å². The third-order valence-electron chi connectivity index (χ3n) is 8.97. The van der Waals surface area contributed by atoms with Crippen molar-refractivity contribution in [3.8, 4) is 22.6 Å². The number of H-pyrrole nitrogens is 1. The van der Waals surface area contributed by atoms with Gasteiger partial charge in [0, 0.05) is 51.1 Å². The fourth-order valence-electron chi connectivity index (χ4n) is 6.94. The molecule has 190 valence electrons. The van der Waals surface area contributed by atoms with Gasteiger partial charge in [0.2, 0.25) is 0 Å². The standard InChI is InChI=1S/C31H29ClN6/c32-24-7-2-1-6-21(24)25-14-22-20(12-13-34-29(22)35-25)30-36-26-16-33-15-23(17-8-9-17)27(26)31(38-30)37-28-18-4-3-5-19(28)11-10-18/h1-2,6-7,12-19,28H,3-5,8-11H2,(H,34,35)(H,36,37,38). The molecule has 3 aliphatic rings. The van der Waals surface area contributed by atoms with E-state index in [1.807, 2.05) is 48.9 Å². The van der Waals surface area contributed by atoms with Crippen LogP contribution in [0.4, 0.5) is 5.82 Å². The van der Waals surface area contributed by atoms with Crippen molar-refractivity contribution >= 4 is 39.4 Å². The number of nitrogens with one attached hydrogen (secondary N) is 2. The highest BCUT2D eigenvalue weighted by Gasteiger charge is 2.39. The molecular formula is C31H29ClN6. The van der Waals surface area contributed by atoms with E-state index in [2.05, 4.69) is 26.3 Å². The second-order valence-corrected chi connectivity index (χ2v) is 11.7. The first-order valence-corrected chi connectivity index (χ1v) is 14.3. The normalized spacial score (nSPS) is 22.8. The van der Waals surface area contributed by atoms with Gasteiger partial charge in [0.1, 0.15) is 11.5 Å². The molecule has 2 atom stereocenters. The second kappa shape index (κ2) is 8.77. The summed E-state index contributed by atoms with van der Waals surface area (Å²) in [5, 5.41) is 6.83. The lowest BCUT2D eigenvalue weighted by atomic mass is 9.84. The van der Waals surface area contributed by atoms with E-state index in [-0.39, 0.29) is 0 Å². The second-order valence-electron chi connectivity index (χ2n) is 11.3. The number of hydrogen-bond donors (Lipinski definition) is 2. The Morgan fingerprint density at radius 2 is 1.74 bits per heavy atom. The van der Waals surface area contributed by atoms with Gasteiger partial charge in [0.25, 0.3) is 0 Å². The third-order valence-corrected chi connectivity index (χ3v) is 9.30. The molecule has 4 aromatic heterocycles. The zero-order valence-electron chi connectivity index (χ0n) is 21.1. The first-order chi connectivity index (χ1) is 18.7. The predicted octanol–water partition coefficient (Wildman–Crippen LogP) is 7.76. The lowest BCUT2D eigenvalue weighted by Gasteiger charge is -2.31. The molecule has 3 aliphatic carbocycles. The number of benzene rings is 1. The average Bonchev–Trinajstić information content (AvgIpc) is 3.66. The van der Waals surface area contributed by atoms with Crippen molar-refractivity contribution < 1.29 is 0 Å². The van der Waals surface area contributed by atoms with Gasteiger partial charge < -0.3 is 10.3 Å². The molecule has 5 aromatic rings. The van der Waals surface area contributed by atoms with Crippen LogP contribution >= 0.6 is 11.6 Å². The van der Waals surface area contributed by atoms with Crippen LogP contribution in [0.5, 0.6) is 0 Å². The van der Waals surface area contributed by atoms with E-state index in [4.69, 9.17) is 21.6 Å². The molecule has 2 unspecified atom stereocenters. The number of rotatable bonds is 5. The van der Waals surface area contributed by atoms with E-state index < -0.39 is 0 Å². The van der Waals surface area contributed by atoms with Gasteiger partial charge in [-0.05, 0) is 80.0 Å². The Labute approximate surface area is 226 Å². The van der Waals surface area contributed by atoms with Crippen LogP contribution in [0.15, 0.2) is 55.0 Å². The van der Waals surface area contributed by atoms with E-state index in [1.165, 1.54) is 50.5 Å². The largest absolute Gasteiger partial charge is 0.366 e. The minimum atomic E-state index is 0.492. The molecule has 6 nitrogen and oxygen atoms in total. The Morgan fingerprint density at radius 3 is 2.55 bits per heavy atom. The summed E-state index contributed by atoms with van der Waals surface area (Å²) < 4.78 is 0. The van der Waals surface area contributed by atoms with Crippen LogP contribution in [-0.2, 0) is 0 Å². The maximum atomic E-state index is 6.52. The fraction of sp³-hybridized carbons (Fsp3) is 0.355. The maximum Gasteiger partial charge on any atom is 0.163 e. The number of hydrogen-bond acceptors (Lipinski definition) is 5. The van der Waals surface area contributed by atoms with Crippen molar-refractivity contribution in [1.82, 2.24) is 24.9 Å². The van der Waals surface area contributed by atoms with Gasteiger partial charge in [0.05, 0.1) is 11.7 Å². The predicted molar refractivity (Wildman–Crippen MR) is 152 cm³/mol. The van der Waals surface area contributed by atoms with E-state index >= 15 is 0 Å². The Kier molecular flexibility index (Phi) is 5.19. The first-order valence-electron chi connectivity index (χ1n) is 13.9. The van der Waals surface area contributed by atoms with Crippen LogP contribution in [0, 0.1) is 11.8 Å². The highest BCUT2D eigenvalue weighted by atomic mass is 35.5. The number of pyridine rings is 2. The summed E-state index contributed by atoms with van der Waals surface area (Å²) in [5.41, 5.74) is 5.84. The average molecular weight is 521 g/mol. The molecule has 3 saturated carbocycles. The maximum absolute atomic E-state index is 6.52. The van der Waals surface area contributed by atoms with E-state index in [0.29, 0.717) is 22.8 Å².